The van der Waals surface area contributed by atoms with Crippen molar-refractivity contribution in [1.29, 1.82) is 0 Å². The van der Waals surface area contributed by atoms with Crippen LogP contribution in [0, 0.1) is 0 Å². The van der Waals surface area contributed by atoms with Crippen LogP contribution in [-0.4, -0.2) is 22.4 Å². The lowest BCUT2D eigenvalue weighted by molar-refractivity contribution is -0.113. The summed E-state index contributed by atoms with van der Waals surface area (Å²) in [5.41, 5.74) is 0.365. The maximum Gasteiger partial charge on any atom is 0.236 e. The van der Waals surface area contributed by atoms with Crippen LogP contribution in [0.25, 0.3) is 10.8 Å². The van der Waals surface area contributed by atoms with Crippen LogP contribution < -0.4 is 5.32 Å². The Morgan fingerprint density at radius 3 is 2.71 bits per heavy atom. The summed E-state index contributed by atoms with van der Waals surface area (Å²) in [7, 11) is 0. The third-order valence-electron chi connectivity index (χ3n) is 3.29. The molecule has 0 unspecified atom stereocenters. The van der Waals surface area contributed by atoms with Crippen LogP contribution in [0.2, 0.25) is 5.02 Å². The first kappa shape index (κ1) is 17.0. The number of fused-ring (bicyclic) bond motifs is 1. The third kappa shape index (κ3) is 3.77. The van der Waals surface area contributed by atoms with E-state index in [2.05, 4.69) is 10.3 Å². The molecule has 1 heterocycles. The zero-order chi connectivity index (χ0) is 17.1. The number of hydrogen-bond donors (Lipinski definition) is 1. The molecule has 1 N–H and O–H groups in total. The van der Waals surface area contributed by atoms with E-state index in [1.165, 1.54) is 30.0 Å². The summed E-state index contributed by atoms with van der Waals surface area (Å²) in [6, 6.07) is 11.6. The van der Waals surface area contributed by atoms with Crippen molar-refractivity contribution in [3.63, 3.8) is 0 Å². The van der Waals surface area contributed by atoms with Gasteiger partial charge in [-0.15, -0.1) is 23.1 Å². The number of benzene rings is 2. The molecule has 1 aromatic heterocycles. The van der Waals surface area contributed by atoms with Crippen LogP contribution in [-0.2, 0) is 4.79 Å². The molecule has 1 amide bonds. The molecule has 7 heteroatoms. The first-order valence-electron chi connectivity index (χ1n) is 7.11. The van der Waals surface area contributed by atoms with Crippen molar-refractivity contribution in [2.24, 2.45) is 0 Å². The molecule has 24 heavy (non-hydrogen) atoms. The molecule has 3 rings (SSSR count). The molecule has 2 aromatic carbocycles. The lowest BCUT2D eigenvalue weighted by atomic mass is 10.1. The number of carbonyl (C=O) groups excluding carboxylic acids is 2. The Kier molecular flexibility index (Phi) is 5.18. The fraction of sp³-hybridized carbons (Fsp3) is 0.118. The van der Waals surface area contributed by atoms with Crippen LogP contribution in [0.4, 0.5) is 5.13 Å². The zero-order valence-electron chi connectivity index (χ0n) is 12.7. The summed E-state index contributed by atoms with van der Waals surface area (Å²) in [6.45, 7) is 1.45. The van der Waals surface area contributed by atoms with Crippen molar-refractivity contribution in [3.05, 3.63) is 52.5 Å². The third-order valence-corrected chi connectivity index (χ3v) is 5.42. The number of nitrogens with one attached hydrogen (secondary N) is 1. The van der Waals surface area contributed by atoms with E-state index in [4.69, 9.17) is 11.6 Å². The molecule has 3 aromatic rings. The predicted octanol–water partition coefficient (Wildman–Crippen LogP) is 4.88. The van der Waals surface area contributed by atoms with Crippen molar-refractivity contribution in [2.45, 2.75) is 11.8 Å². The van der Waals surface area contributed by atoms with Crippen LogP contribution in [0.15, 0.2) is 46.7 Å². The van der Waals surface area contributed by atoms with Gasteiger partial charge in [0.1, 0.15) is 5.69 Å². The standard InChI is InChI=1S/C17H13ClN2O2S2/c1-10(21)13-8-24-17(19-13)20-15(22)9-23-14-7-3-5-11-4-2-6-12(18)16(11)14/h2-8H,9H2,1H3,(H,19,20,22). The number of ketones is 1. The van der Waals surface area contributed by atoms with E-state index in [-0.39, 0.29) is 17.4 Å². The van der Waals surface area contributed by atoms with Gasteiger partial charge in [0.2, 0.25) is 5.91 Å². The molecule has 0 saturated carbocycles. The molecule has 0 fully saturated rings. The predicted molar refractivity (Wildman–Crippen MR) is 100 cm³/mol. The van der Waals surface area contributed by atoms with E-state index in [1.54, 1.807) is 5.38 Å². The van der Waals surface area contributed by atoms with Crippen LogP contribution in [0.3, 0.4) is 0 Å². The summed E-state index contributed by atoms with van der Waals surface area (Å²) in [4.78, 5) is 28.4. The van der Waals surface area contributed by atoms with Gasteiger partial charge < -0.3 is 5.32 Å². The number of carbonyl (C=O) groups is 2. The van der Waals surface area contributed by atoms with Crippen molar-refractivity contribution < 1.29 is 9.59 Å². The second-order valence-corrected chi connectivity index (χ2v) is 7.31. The van der Waals surface area contributed by atoms with Gasteiger partial charge in [0.15, 0.2) is 10.9 Å². The average Bonchev–Trinajstić information content (AvgIpc) is 3.02. The highest BCUT2D eigenvalue weighted by molar-refractivity contribution is 8.00. The number of nitrogens with zero attached hydrogens (tertiary/aromatic N) is 1. The number of rotatable bonds is 5. The minimum absolute atomic E-state index is 0.119. The Bertz CT molecular complexity index is 919. The largest absolute Gasteiger partial charge is 0.301 e. The molecule has 0 atom stereocenters. The van der Waals surface area contributed by atoms with Gasteiger partial charge >= 0.3 is 0 Å². The minimum atomic E-state index is -0.173. The van der Waals surface area contributed by atoms with Crippen LogP contribution in [0.5, 0.6) is 0 Å². The lowest BCUT2D eigenvalue weighted by Crippen LogP contribution is -2.14. The van der Waals surface area contributed by atoms with E-state index in [0.717, 1.165) is 15.7 Å². The number of Topliss-reactive ketones (excluding diaryl/α,β-unsaturated/α-hetero) is 1. The van der Waals surface area contributed by atoms with Crippen LogP contribution >= 0.6 is 34.7 Å². The first-order valence-corrected chi connectivity index (χ1v) is 9.35. The van der Waals surface area contributed by atoms with Gasteiger partial charge in [-0.1, -0.05) is 35.9 Å². The maximum atomic E-state index is 12.1. The first-order chi connectivity index (χ1) is 11.5. The van der Waals surface area contributed by atoms with Crippen LogP contribution in [0.1, 0.15) is 17.4 Å². The minimum Gasteiger partial charge on any atom is -0.301 e. The summed E-state index contributed by atoms with van der Waals surface area (Å²) in [5, 5.41) is 7.44. The normalized spacial score (nSPS) is 10.8. The van der Waals surface area contributed by atoms with E-state index in [1.807, 2.05) is 36.4 Å². The van der Waals surface area contributed by atoms with Gasteiger partial charge in [0, 0.05) is 27.6 Å². The number of anilines is 1. The van der Waals surface area contributed by atoms with Crippen molar-refractivity contribution in [1.82, 2.24) is 4.98 Å². The fourth-order valence-corrected chi connectivity index (χ4v) is 4.19. The molecule has 4 nitrogen and oxygen atoms in total. The topological polar surface area (TPSA) is 59.1 Å². The summed E-state index contributed by atoms with van der Waals surface area (Å²) >= 11 is 8.94. The Hall–Kier alpha value is -1.89. The average molecular weight is 377 g/mol. The molecule has 122 valence electrons. The van der Waals surface area contributed by atoms with Crippen molar-refractivity contribution in [2.75, 3.05) is 11.1 Å². The molecule has 0 aliphatic heterocycles. The lowest BCUT2D eigenvalue weighted by Gasteiger charge is -2.07. The molecule has 0 saturated heterocycles. The molecule has 0 aliphatic rings. The van der Waals surface area contributed by atoms with Gasteiger partial charge in [0.05, 0.1) is 5.75 Å². The number of thioether (sulfide) groups is 1. The SMILES string of the molecule is CC(=O)c1csc(NC(=O)CSc2cccc3cccc(Cl)c23)n1. The molecular weight excluding hydrogens is 364 g/mol. The molecular formula is C17H13ClN2O2S2. The Balaban J connectivity index is 1.69. The summed E-state index contributed by atoms with van der Waals surface area (Å²) < 4.78 is 0. The number of thiazole rings is 1. The molecule has 0 radical (unpaired) electrons. The number of hydrogen-bond acceptors (Lipinski definition) is 5. The van der Waals surface area contributed by atoms with E-state index < -0.39 is 0 Å². The molecule has 0 aliphatic carbocycles. The van der Waals surface area contributed by atoms with Gasteiger partial charge in [0.25, 0.3) is 0 Å². The Morgan fingerprint density at radius 2 is 2.00 bits per heavy atom. The highest BCUT2D eigenvalue weighted by Gasteiger charge is 2.11. The number of amides is 1. The Labute approximate surface area is 152 Å². The molecule has 0 spiro atoms. The fourth-order valence-electron chi connectivity index (χ4n) is 2.17. The van der Waals surface area contributed by atoms with Gasteiger partial charge in [-0.05, 0) is 17.5 Å². The van der Waals surface area contributed by atoms with Gasteiger partial charge in [-0.2, -0.15) is 0 Å². The van der Waals surface area contributed by atoms with E-state index in [0.29, 0.717) is 15.8 Å². The highest BCUT2D eigenvalue weighted by Crippen LogP contribution is 2.33. The number of halogens is 1. The van der Waals surface area contributed by atoms with Gasteiger partial charge in [-0.25, -0.2) is 4.98 Å². The smallest absolute Gasteiger partial charge is 0.236 e. The number of aromatic nitrogens is 1. The summed E-state index contributed by atoms with van der Waals surface area (Å²) in [5.74, 6) is -0.0562. The van der Waals surface area contributed by atoms with Crippen molar-refractivity contribution >= 4 is 62.3 Å². The highest BCUT2D eigenvalue weighted by atomic mass is 35.5. The molecule has 0 bridgehead atoms. The Morgan fingerprint density at radius 1 is 1.25 bits per heavy atom. The van der Waals surface area contributed by atoms with Gasteiger partial charge in [-0.3, -0.25) is 9.59 Å². The second kappa shape index (κ2) is 7.34. The monoisotopic (exact) mass is 376 g/mol. The zero-order valence-corrected chi connectivity index (χ0v) is 15.1. The van der Waals surface area contributed by atoms with E-state index in [9.17, 15) is 9.59 Å². The van der Waals surface area contributed by atoms with E-state index >= 15 is 0 Å². The van der Waals surface area contributed by atoms with Crippen molar-refractivity contribution in [3.8, 4) is 0 Å². The maximum absolute atomic E-state index is 12.1. The summed E-state index contributed by atoms with van der Waals surface area (Å²) in [6.07, 6.45) is 0. The second-order valence-electron chi connectivity index (χ2n) is 5.03. The quantitative estimate of drug-likeness (QED) is 0.509.